The van der Waals surface area contributed by atoms with E-state index in [-0.39, 0.29) is 5.91 Å². The minimum Gasteiger partial charge on any atom is -0.306 e. The molecule has 1 amide bonds. The highest BCUT2D eigenvalue weighted by atomic mass is 16.2. The molecule has 4 heterocycles. The standard InChI is InChI=1S/C21H20N6O/c1-13-20(14(2)25(3)23-13)18-8-10-22-19-12-16(24-27(18)19)21(28)26-11-9-15-6-4-5-7-17(15)26/h4-8,10,12H,9,11H2,1-3H3. The van der Waals surface area contributed by atoms with E-state index in [0.29, 0.717) is 17.9 Å². The molecule has 7 nitrogen and oxygen atoms in total. The van der Waals surface area contributed by atoms with Gasteiger partial charge in [0.25, 0.3) is 5.91 Å². The van der Waals surface area contributed by atoms with Gasteiger partial charge in [0.1, 0.15) is 0 Å². The highest BCUT2D eigenvalue weighted by Crippen LogP contribution is 2.30. The van der Waals surface area contributed by atoms with Gasteiger partial charge < -0.3 is 4.90 Å². The van der Waals surface area contributed by atoms with Crippen molar-refractivity contribution in [2.75, 3.05) is 11.4 Å². The molecule has 0 aliphatic carbocycles. The van der Waals surface area contributed by atoms with E-state index < -0.39 is 0 Å². The van der Waals surface area contributed by atoms with Gasteiger partial charge in [-0.1, -0.05) is 18.2 Å². The Morgan fingerprint density at radius 3 is 2.71 bits per heavy atom. The third-order valence-electron chi connectivity index (χ3n) is 5.47. The average molecular weight is 372 g/mol. The molecular formula is C21H20N6O. The molecule has 0 saturated carbocycles. The predicted octanol–water partition coefficient (Wildman–Crippen LogP) is 2.95. The summed E-state index contributed by atoms with van der Waals surface area (Å²) in [6.07, 6.45) is 2.62. The van der Waals surface area contributed by atoms with Gasteiger partial charge in [-0.3, -0.25) is 9.48 Å². The number of carbonyl (C=O) groups excluding carboxylic acids is 1. The molecule has 0 fully saturated rings. The van der Waals surface area contributed by atoms with Gasteiger partial charge in [-0.25, -0.2) is 9.50 Å². The average Bonchev–Trinajstić information content (AvgIpc) is 3.37. The lowest BCUT2D eigenvalue weighted by Gasteiger charge is -2.15. The van der Waals surface area contributed by atoms with Crippen molar-refractivity contribution in [2.24, 2.45) is 7.05 Å². The zero-order valence-electron chi connectivity index (χ0n) is 16.0. The van der Waals surface area contributed by atoms with E-state index >= 15 is 0 Å². The quantitative estimate of drug-likeness (QED) is 0.543. The van der Waals surface area contributed by atoms with Gasteiger partial charge >= 0.3 is 0 Å². The Hall–Kier alpha value is -3.48. The molecule has 1 aromatic carbocycles. The van der Waals surface area contributed by atoms with Crippen molar-refractivity contribution >= 4 is 17.2 Å². The smallest absolute Gasteiger partial charge is 0.278 e. The van der Waals surface area contributed by atoms with Crippen LogP contribution >= 0.6 is 0 Å². The third kappa shape index (κ3) is 2.36. The molecule has 28 heavy (non-hydrogen) atoms. The highest BCUT2D eigenvalue weighted by Gasteiger charge is 2.27. The molecular weight excluding hydrogens is 352 g/mol. The Bertz CT molecular complexity index is 1240. The largest absolute Gasteiger partial charge is 0.306 e. The summed E-state index contributed by atoms with van der Waals surface area (Å²) < 4.78 is 3.60. The number of nitrogens with zero attached hydrogens (tertiary/aromatic N) is 6. The van der Waals surface area contributed by atoms with Crippen molar-refractivity contribution in [2.45, 2.75) is 20.3 Å². The van der Waals surface area contributed by atoms with E-state index in [1.54, 1.807) is 21.7 Å². The zero-order chi connectivity index (χ0) is 19.4. The topological polar surface area (TPSA) is 68.3 Å². The minimum absolute atomic E-state index is 0.0963. The van der Waals surface area contributed by atoms with E-state index in [9.17, 15) is 4.79 Å². The van der Waals surface area contributed by atoms with Crippen molar-refractivity contribution in [1.29, 1.82) is 0 Å². The van der Waals surface area contributed by atoms with Crippen LogP contribution in [0.15, 0.2) is 42.6 Å². The first kappa shape index (κ1) is 16.7. The fourth-order valence-corrected chi connectivity index (χ4v) is 4.02. The molecule has 0 bridgehead atoms. The SMILES string of the molecule is Cc1nn(C)c(C)c1-c1ccnc2cc(C(=O)N3CCc4ccccc43)nn12. The number of benzene rings is 1. The Labute approximate surface area is 162 Å². The molecule has 3 aromatic heterocycles. The molecule has 0 unspecified atom stereocenters. The van der Waals surface area contributed by atoms with Gasteiger partial charge in [0.05, 0.1) is 11.4 Å². The maximum Gasteiger partial charge on any atom is 0.278 e. The van der Waals surface area contributed by atoms with Gasteiger partial charge in [-0.05, 0) is 38.0 Å². The Balaban J connectivity index is 1.61. The Kier molecular flexibility index (Phi) is 3.58. The first-order valence-corrected chi connectivity index (χ1v) is 9.29. The number of fused-ring (bicyclic) bond motifs is 2. The summed E-state index contributed by atoms with van der Waals surface area (Å²) in [4.78, 5) is 19.4. The second-order valence-electron chi connectivity index (χ2n) is 7.13. The number of aryl methyl sites for hydroxylation is 2. The van der Waals surface area contributed by atoms with Crippen molar-refractivity contribution in [3.05, 3.63) is 65.2 Å². The number of carbonyl (C=O) groups is 1. The Morgan fingerprint density at radius 1 is 1.11 bits per heavy atom. The fraction of sp³-hybridized carbons (Fsp3) is 0.238. The minimum atomic E-state index is -0.0963. The van der Waals surface area contributed by atoms with Crippen molar-refractivity contribution < 1.29 is 4.79 Å². The summed E-state index contributed by atoms with van der Waals surface area (Å²) >= 11 is 0. The number of hydrogen-bond donors (Lipinski definition) is 0. The number of para-hydroxylation sites is 1. The molecule has 140 valence electrons. The fourth-order valence-electron chi connectivity index (χ4n) is 4.02. The maximum atomic E-state index is 13.2. The zero-order valence-corrected chi connectivity index (χ0v) is 16.0. The van der Waals surface area contributed by atoms with Crippen LogP contribution in [0.2, 0.25) is 0 Å². The van der Waals surface area contributed by atoms with E-state index in [2.05, 4.69) is 21.2 Å². The number of amides is 1. The molecule has 0 N–H and O–H groups in total. The number of anilines is 1. The van der Waals surface area contributed by atoms with Crippen molar-refractivity contribution in [3.63, 3.8) is 0 Å². The van der Waals surface area contributed by atoms with Crippen LogP contribution in [-0.4, -0.2) is 36.8 Å². The van der Waals surface area contributed by atoms with Gasteiger partial charge in [0, 0.05) is 42.8 Å². The number of aromatic nitrogens is 5. The lowest BCUT2D eigenvalue weighted by atomic mass is 10.1. The normalized spacial score (nSPS) is 13.3. The van der Waals surface area contributed by atoms with Crippen LogP contribution in [-0.2, 0) is 13.5 Å². The number of rotatable bonds is 2. The van der Waals surface area contributed by atoms with Gasteiger partial charge in [0.15, 0.2) is 11.3 Å². The van der Waals surface area contributed by atoms with Crippen LogP contribution < -0.4 is 4.90 Å². The lowest BCUT2D eigenvalue weighted by molar-refractivity contribution is 0.0984. The van der Waals surface area contributed by atoms with Gasteiger partial charge in [-0.15, -0.1) is 0 Å². The molecule has 1 aliphatic rings. The van der Waals surface area contributed by atoms with Crippen molar-refractivity contribution in [3.8, 4) is 11.3 Å². The second kappa shape index (κ2) is 6.02. The second-order valence-corrected chi connectivity index (χ2v) is 7.13. The van der Waals surface area contributed by atoms with Crippen LogP contribution in [0.4, 0.5) is 5.69 Å². The number of hydrogen-bond acceptors (Lipinski definition) is 4. The van der Waals surface area contributed by atoms with Crippen LogP contribution in [0.1, 0.15) is 27.4 Å². The van der Waals surface area contributed by atoms with E-state index in [1.807, 2.05) is 49.8 Å². The van der Waals surface area contributed by atoms with Crippen LogP contribution in [0, 0.1) is 13.8 Å². The lowest BCUT2D eigenvalue weighted by Crippen LogP contribution is -2.29. The van der Waals surface area contributed by atoms with E-state index in [4.69, 9.17) is 0 Å². The maximum absolute atomic E-state index is 13.2. The highest BCUT2D eigenvalue weighted by molar-refractivity contribution is 6.06. The first-order chi connectivity index (χ1) is 13.5. The predicted molar refractivity (Wildman–Crippen MR) is 106 cm³/mol. The molecule has 0 atom stereocenters. The summed E-state index contributed by atoms with van der Waals surface area (Å²) in [6.45, 7) is 4.68. The summed E-state index contributed by atoms with van der Waals surface area (Å²) in [6, 6.07) is 11.7. The Morgan fingerprint density at radius 2 is 1.93 bits per heavy atom. The summed E-state index contributed by atoms with van der Waals surface area (Å²) in [5, 5.41) is 9.13. The molecule has 4 aromatic rings. The van der Waals surface area contributed by atoms with Gasteiger partial charge in [0.2, 0.25) is 0 Å². The third-order valence-corrected chi connectivity index (χ3v) is 5.47. The monoisotopic (exact) mass is 372 g/mol. The van der Waals surface area contributed by atoms with Gasteiger partial charge in [-0.2, -0.15) is 10.2 Å². The van der Waals surface area contributed by atoms with Crippen LogP contribution in [0.3, 0.4) is 0 Å². The molecule has 0 radical (unpaired) electrons. The molecule has 0 spiro atoms. The van der Waals surface area contributed by atoms with Crippen LogP contribution in [0.5, 0.6) is 0 Å². The molecule has 5 rings (SSSR count). The summed E-state index contributed by atoms with van der Waals surface area (Å²) in [7, 11) is 1.92. The van der Waals surface area contributed by atoms with Crippen molar-refractivity contribution in [1.82, 2.24) is 24.4 Å². The first-order valence-electron chi connectivity index (χ1n) is 9.29. The molecule has 1 aliphatic heterocycles. The summed E-state index contributed by atoms with van der Waals surface area (Å²) in [5.41, 5.74) is 7.08. The summed E-state index contributed by atoms with van der Waals surface area (Å²) in [5.74, 6) is -0.0963. The van der Waals surface area contributed by atoms with Crippen LogP contribution in [0.25, 0.3) is 16.9 Å². The molecule has 7 heteroatoms. The molecule has 0 saturated heterocycles. The van der Waals surface area contributed by atoms with E-state index in [1.165, 1.54) is 5.56 Å². The van der Waals surface area contributed by atoms with E-state index in [0.717, 1.165) is 34.8 Å².